The first-order valence-electron chi connectivity index (χ1n) is 13.8. The van der Waals surface area contributed by atoms with Crippen molar-refractivity contribution < 1.29 is 45.5 Å². The van der Waals surface area contributed by atoms with Crippen LogP contribution in [-0.2, 0) is 24.5 Å². The molecular weight excluding hydrogens is 582 g/mol. The van der Waals surface area contributed by atoms with Crippen LogP contribution in [0.25, 0.3) is 0 Å². The lowest BCUT2D eigenvalue weighted by Gasteiger charge is -2.43. The van der Waals surface area contributed by atoms with E-state index in [0.717, 1.165) is 12.8 Å². The highest BCUT2D eigenvalue weighted by Crippen LogP contribution is 2.54. The molecule has 4 heterocycles. The van der Waals surface area contributed by atoms with Crippen LogP contribution in [0.15, 0.2) is 41.8 Å². The zero-order valence-electron chi connectivity index (χ0n) is 22.7. The summed E-state index contributed by atoms with van der Waals surface area (Å²) in [6, 6.07) is 1.20. The number of hydrogen-bond acceptors (Lipinski definition) is 5. The summed E-state index contributed by atoms with van der Waals surface area (Å²) in [7, 11) is 0. The van der Waals surface area contributed by atoms with Crippen molar-refractivity contribution in [1.29, 1.82) is 0 Å². The smallest absolute Gasteiger partial charge is 0.406 e. The van der Waals surface area contributed by atoms with Crippen LogP contribution in [0.2, 0.25) is 0 Å². The number of alkyl halides is 3. The summed E-state index contributed by atoms with van der Waals surface area (Å²) < 4.78 is 89.9. The second kappa shape index (κ2) is 10.3. The van der Waals surface area contributed by atoms with Gasteiger partial charge in [0, 0.05) is 36.2 Å². The Bertz CT molecular complexity index is 1560. The van der Waals surface area contributed by atoms with Crippen LogP contribution >= 0.6 is 0 Å². The Morgan fingerprint density at radius 1 is 1.19 bits per heavy atom. The highest BCUT2D eigenvalue weighted by molar-refractivity contribution is 6.12. The average Bonchev–Trinajstić information content (AvgIpc) is 3.45. The number of benzene rings is 1. The van der Waals surface area contributed by atoms with Crippen molar-refractivity contribution in [3.05, 3.63) is 70.4 Å². The Hall–Kier alpha value is -4.10. The highest BCUT2D eigenvalue weighted by Gasteiger charge is 2.64. The number of hydrogen-bond donors (Lipinski definition) is 2. The fourth-order valence-corrected chi connectivity index (χ4v) is 6.96. The SMILES string of the molecule is CC1[C@H](c2cc(F)cc(F)c2F)CC(NC(=O)C2OC3=C(CCCC3)C23C(=O)Nc2ncccc23)C(=O)N1CC(F)(F)F. The maximum atomic E-state index is 14.9. The third kappa shape index (κ3) is 4.61. The number of anilines is 1. The number of aromatic nitrogens is 1. The normalized spacial score (nSPS) is 28.5. The zero-order valence-corrected chi connectivity index (χ0v) is 22.7. The molecule has 1 saturated heterocycles. The van der Waals surface area contributed by atoms with E-state index in [9.17, 15) is 40.7 Å². The van der Waals surface area contributed by atoms with Gasteiger partial charge in [0.2, 0.25) is 11.8 Å². The molecule has 0 radical (unpaired) electrons. The van der Waals surface area contributed by atoms with Gasteiger partial charge in [-0.2, -0.15) is 13.2 Å². The summed E-state index contributed by atoms with van der Waals surface area (Å²) in [5, 5.41) is 5.14. The topological polar surface area (TPSA) is 101 Å². The Kier molecular flexibility index (Phi) is 6.92. The van der Waals surface area contributed by atoms with Crippen molar-refractivity contribution in [3.8, 4) is 0 Å². The molecule has 1 aliphatic carbocycles. The van der Waals surface area contributed by atoms with Crippen molar-refractivity contribution in [2.45, 2.75) is 74.7 Å². The number of halogens is 6. The van der Waals surface area contributed by atoms with Crippen LogP contribution in [0, 0.1) is 17.5 Å². The van der Waals surface area contributed by atoms with Gasteiger partial charge in [0.1, 0.15) is 29.6 Å². The van der Waals surface area contributed by atoms with E-state index in [2.05, 4.69) is 15.6 Å². The first-order chi connectivity index (χ1) is 20.3. The Balaban J connectivity index is 1.37. The standard InChI is InChI=1S/C29H26F6N4O4/c1-13-15(16-9-14(30)10-19(31)22(16)32)11-20(26(41)39(13)12-28(33,34)35)37-25(40)23-29(17-5-2-3-7-21(17)43-23)18-6-4-8-36-24(18)38-27(29)42/h4,6,8-10,13,15,20,23H,2-3,5,7,11-12H2,1H3,(H,37,40)(H,36,38,42)/t13?,15-,20?,23?,29?/m1/s1. The molecule has 1 aromatic heterocycles. The summed E-state index contributed by atoms with van der Waals surface area (Å²) in [5.74, 6) is -7.43. The van der Waals surface area contributed by atoms with Crippen molar-refractivity contribution >= 4 is 23.5 Å². The lowest BCUT2D eigenvalue weighted by atomic mass is 9.69. The van der Waals surface area contributed by atoms with Crippen LogP contribution in [0.4, 0.5) is 32.2 Å². The molecule has 3 amide bonds. The number of amides is 3. The van der Waals surface area contributed by atoms with E-state index < -0.39 is 89.4 Å². The summed E-state index contributed by atoms with van der Waals surface area (Å²) in [5.41, 5.74) is -1.19. The molecule has 2 N–H and O–H groups in total. The van der Waals surface area contributed by atoms with E-state index in [-0.39, 0.29) is 5.82 Å². The Labute approximate surface area is 241 Å². The van der Waals surface area contributed by atoms with Gasteiger partial charge < -0.3 is 20.3 Å². The highest BCUT2D eigenvalue weighted by atomic mass is 19.4. The Morgan fingerprint density at radius 3 is 2.67 bits per heavy atom. The number of pyridine rings is 1. The van der Waals surface area contributed by atoms with Crippen LogP contribution < -0.4 is 10.6 Å². The van der Waals surface area contributed by atoms with Crippen molar-refractivity contribution in [2.24, 2.45) is 0 Å². The quantitative estimate of drug-likeness (QED) is 0.397. The number of nitrogens with one attached hydrogen (secondary N) is 2. The molecule has 43 heavy (non-hydrogen) atoms. The molecule has 1 spiro atoms. The van der Waals surface area contributed by atoms with Crippen LogP contribution in [-0.4, -0.2) is 58.5 Å². The first kappa shape index (κ1) is 29.0. The van der Waals surface area contributed by atoms with Gasteiger partial charge in [-0.25, -0.2) is 18.2 Å². The minimum Gasteiger partial charge on any atom is -0.483 e. The molecule has 0 saturated carbocycles. The second-order valence-electron chi connectivity index (χ2n) is 11.3. The fourth-order valence-electron chi connectivity index (χ4n) is 6.96. The van der Waals surface area contributed by atoms with E-state index in [1.165, 1.54) is 13.1 Å². The molecule has 14 heteroatoms. The summed E-state index contributed by atoms with van der Waals surface area (Å²) >= 11 is 0. The molecular formula is C29H26F6N4O4. The molecule has 1 aromatic carbocycles. The number of rotatable bonds is 4. The van der Waals surface area contributed by atoms with Gasteiger partial charge in [-0.05, 0) is 55.9 Å². The molecule has 6 rings (SSSR count). The molecule has 228 valence electrons. The van der Waals surface area contributed by atoms with Crippen molar-refractivity contribution in [2.75, 3.05) is 11.9 Å². The zero-order chi connectivity index (χ0) is 30.8. The van der Waals surface area contributed by atoms with E-state index in [4.69, 9.17) is 4.74 Å². The molecule has 5 atom stereocenters. The number of allylic oxidation sites excluding steroid dienone is 1. The van der Waals surface area contributed by atoms with Gasteiger partial charge in [0.15, 0.2) is 17.7 Å². The maximum absolute atomic E-state index is 14.9. The lowest BCUT2D eigenvalue weighted by molar-refractivity contribution is -0.171. The average molecular weight is 609 g/mol. The molecule has 4 unspecified atom stereocenters. The molecule has 1 fully saturated rings. The predicted octanol–water partition coefficient (Wildman–Crippen LogP) is 4.37. The molecule has 3 aliphatic heterocycles. The number of piperidine rings is 1. The summed E-state index contributed by atoms with van der Waals surface area (Å²) in [6.07, 6.45) is -3.01. The number of nitrogens with zero attached hydrogens (tertiary/aromatic N) is 2. The monoisotopic (exact) mass is 608 g/mol. The van der Waals surface area contributed by atoms with E-state index in [0.29, 0.717) is 46.8 Å². The first-order valence-corrected chi connectivity index (χ1v) is 13.8. The van der Waals surface area contributed by atoms with Gasteiger partial charge in [-0.3, -0.25) is 14.4 Å². The van der Waals surface area contributed by atoms with Gasteiger partial charge in [0.25, 0.3) is 5.91 Å². The number of carbonyl (C=O) groups excluding carboxylic acids is 3. The van der Waals surface area contributed by atoms with E-state index >= 15 is 0 Å². The number of ether oxygens (including phenoxy) is 1. The number of carbonyl (C=O) groups is 3. The van der Waals surface area contributed by atoms with Crippen molar-refractivity contribution in [1.82, 2.24) is 15.2 Å². The minimum absolute atomic E-state index is 0.232. The summed E-state index contributed by atoms with van der Waals surface area (Å²) in [6.45, 7) is -0.523. The molecule has 4 aliphatic rings. The third-order valence-electron chi connectivity index (χ3n) is 8.84. The van der Waals surface area contributed by atoms with Gasteiger partial charge in [0.05, 0.1) is 5.76 Å². The molecule has 2 aromatic rings. The minimum atomic E-state index is -4.87. The lowest BCUT2D eigenvalue weighted by Crippen LogP contribution is -2.62. The predicted molar refractivity (Wildman–Crippen MR) is 138 cm³/mol. The van der Waals surface area contributed by atoms with E-state index in [1.807, 2.05) is 0 Å². The summed E-state index contributed by atoms with van der Waals surface area (Å²) in [4.78, 5) is 45.6. The van der Waals surface area contributed by atoms with Crippen LogP contribution in [0.5, 0.6) is 0 Å². The van der Waals surface area contributed by atoms with Crippen LogP contribution in [0.3, 0.4) is 0 Å². The third-order valence-corrected chi connectivity index (χ3v) is 8.84. The fraction of sp³-hybridized carbons (Fsp3) is 0.448. The van der Waals surface area contributed by atoms with E-state index in [1.54, 1.807) is 12.1 Å². The van der Waals surface area contributed by atoms with Gasteiger partial charge in [-0.1, -0.05) is 6.07 Å². The Morgan fingerprint density at radius 2 is 1.93 bits per heavy atom. The van der Waals surface area contributed by atoms with Gasteiger partial charge in [-0.15, -0.1) is 0 Å². The van der Waals surface area contributed by atoms with Gasteiger partial charge >= 0.3 is 6.18 Å². The molecule has 8 nitrogen and oxygen atoms in total. The molecule has 0 bridgehead atoms. The van der Waals surface area contributed by atoms with Crippen molar-refractivity contribution in [3.63, 3.8) is 0 Å². The largest absolute Gasteiger partial charge is 0.483 e. The maximum Gasteiger partial charge on any atom is 0.406 e. The number of likely N-dealkylation sites (tertiary alicyclic amines) is 1. The number of fused-ring (bicyclic) bond motifs is 3. The van der Waals surface area contributed by atoms with Crippen LogP contribution in [0.1, 0.15) is 56.1 Å². The second-order valence-corrected chi connectivity index (χ2v) is 11.3.